The number of hydrogen-bond donors (Lipinski definition) is 2. The summed E-state index contributed by atoms with van der Waals surface area (Å²) in [6.07, 6.45) is 4.78. The summed E-state index contributed by atoms with van der Waals surface area (Å²) in [6.45, 7) is 2.11. The molecule has 0 saturated carbocycles. The molecule has 0 aromatic heterocycles. The number of amides is 2. The molecule has 0 atom stereocenters. The van der Waals surface area contributed by atoms with E-state index >= 15 is 0 Å². The van der Waals surface area contributed by atoms with Crippen LogP contribution < -0.4 is 10.6 Å². The van der Waals surface area contributed by atoms with Crippen molar-refractivity contribution in [2.75, 3.05) is 17.7 Å². The third kappa shape index (κ3) is 8.87. The Morgan fingerprint density at radius 1 is 0.944 bits per heavy atom. The highest BCUT2D eigenvalue weighted by Crippen LogP contribution is 2.21. The molecule has 0 radical (unpaired) electrons. The Balaban J connectivity index is 1.68. The maximum atomic E-state index is 13.1. The van der Waals surface area contributed by atoms with Crippen molar-refractivity contribution >= 4 is 57.2 Å². The lowest BCUT2D eigenvalue weighted by molar-refractivity contribution is -0.137. The molecule has 0 aliphatic heterocycles. The van der Waals surface area contributed by atoms with Crippen LogP contribution in [-0.4, -0.2) is 30.1 Å². The van der Waals surface area contributed by atoms with Gasteiger partial charge in [0.05, 0.1) is 6.61 Å². The van der Waals surface area contributed by atoms with E-state index in [4.69, 9.17) is 4.74 Å². The van der Waals surface area contributed by atoms with E-state index in [1.807, 2.05) is 42.5 Å². The Bertz CT molecular complexity index is 1240. The highest BCUT2D eigenvalue weighted by molar-refractivity contribution is 9.10. The molecule has 0 aliphatic rings. The number of thioether (sulfide) groups is 1. The second-order valence-corrected chi connectivity index (χ2v) is 9.38. The van der Waals surface area contributed by atoms with Crippen LogP contribution in [0, 0.1) is 0 Å². The first-order valence-electron chi connectivity index (χ1n) is 11.2. The number of rotatable bonds is 10. The number of nitrogens with one attached hydrogen (secondary N) is 2. The second-order valence-electron chi connectivity index (χ2n) is 7.37. The first-order chi connectivity index (χ1) is 17.4. The lowest BCUT2D eigenvalue weighted by Gasteiger charge is -2.12. The maximum absolute atomic E-state index is 13.1. The fraction of sp³-hybridized carbons (Fsp3) is 0.107. The number of esters is 1. The number of ether oxygens (including phenoxy) is 1. The van der Waals surface area contributed by atoms with Crippen molar-refractivity contribution in [3.63, 3.8) is 0 Å². The Hall–Kier alpha value is -3.62. The summed E-state index contributed by atoms with van der Waals surface area (Å²) in [7, 11) is 0. The van der Waals surface area contributed by atoms with Gasteiger partial charge in [0.1, 0.15) is 5.70 Å². The Labute approximate surface area is 223 Å². The molecule has 3 rings (SSSR count). The van der Waals surface area contributed by atoms with Gasteiger partial charge >= 0.3 is 5.97 Å². The number of carbonyl (C=O) groups is 3. The van der Waals surface area contributed by atoms with Crippen LogP contribution in [0.3, 0.4) is 0 Å². The fourth-order valence-electron chi connectivity index (χ4n) is 2.98. The standard InChI is InChI=1S/C28H25BrN2O4S/c1-2-35-26(32)9-6-18-36-24-16-14-23(15-17-24)30-28(34)25(19-20-10-12-22(29)13-11-20)31-27(33)21-7-4-3-5-8-21/h3-17,19H,2,18H2,1H3,(H,30,34)(H,31,33)/b9-6+,25-19-. The smallest absolute Gasteiger partial charge is 0.330 e. The quantitative estimate of drug-likeness (QED) is 0.177. The number of halogens is 1. The minimum Gasteiger partial charge on any atom is -0.463 e. The highest BCUT2D eigenvalue weighted by Gasteiger charge is 2.15. The molecule has 6 nitrogen and oxygen atoms in total. The zero-order valence-corrected chi connectivity index (χ0v) is 22.0. The van der Waals surface area contributed by atoms with Crippen LogP contribution in [0.25, 0.3) is 6.08 Å². The van der Waals surface area contributed by atoms with E-state index in [9.17, 15) is 14.4 Å². The minimum atomic E-state index is -0.444. The molecular weight excluding hydrogens is 540 g/mol. The van der Waals surface area contributed by atoms with E-state index in [2.05, 4.69) is 26.6 Å². The molecule has 36 heavy (non-hydrogen) atoms. The van der Waals surface area contributed by atoms with Gasteiger partial charge in [0, 0.05) is 32.4 Å². The van der Waals surface area contributed by atoms with Crippen LogP contribution >= 0.6 is 27.7 Å². The summed E-state index contributed by atoms with van der Waals surface area (Å²) in [4.78, 5) is 38.1. The fourth-order valence-corrected chi connectivity index (χ4v) is 3.96. The van der Waals surface area contributed by atoms with Gasteiger partial charge < -0.3 is 15.4 Å². The molecule has 2 N–H and O–H groups in total. The van der Waals surface area contributed by atoms with E-state index in [1.54, 1.807) is 67.2 Å². The predicted molar refractivity (Wildman–Crippen MR) is 148 cm³/mol. The van der Waals surface area contributed by atoms with Gasteiger partial charge in [-0.15, -0.1) is 11.8 Å². The van der Waals surface area contributed by atoms with Crippen molar-refractivity contribution in [3.05, 3.63) is 112 Å². The van der Waals surface area contributed by atoms with Gasteiger partial charge in [-0.05, 0) is 67.1 Å². The molecule has 0 bridgehead atoms. The van der Waals surface area contributed by atoms with Crippen LogP contribution in [-0.2, 0) is 14.3 Å². The summed E-state index contributed by atoms with van der Waals surface area (Å²) in [5.74, 6) is -0.574. The number of hydrogen-bond acceptors (Lipinski definition) is 5. The van der Waals surface area contributed by atoms with Crippen LogP contribution in [0.2, 0.25) is 0 Å². The summed E-state index contributed by atoms with van der Waals surface area (Å²) in [5.41, 5.74) is 1.92. The summed E-state index contributed by atoms with van der Waals surface area (Å²) in [5, 5.41) is 5.57. The van der Waals surface area contributed by atoms with Gasteiger partial charge in [0.25, 0.3) is 11.8 Å². The molecule has 0 saturated heterocycles. The third-order valence-corrected chi connectivity index (χ3v) is 6.20. The van der Waals surface area contributed by atoms with Crippen LogP contribution in [0.1, 0.15) is 22.8 Å². The monoisotopic (exact) mass is 564 g/mol. The van der Waals surface area contributed by atoms with Crippen molar-refractivity contribution in [2.45, 2.75) is 11.8 Å². The number of carbonyl (C=O) groups excluding carboxylic acids is 3. The van der Waals surface area contributed by atoms with Gasteiger partial charge in [0.15, 0.2) is 0 Å². The third-order valence-electron chi connectivity index (χ3n) is 4.71. The summed E-state index contributed by atoms with van der Waals surface area (Å²) >= 11 is 4.94. The topological polar surface area (TPSA) is 84.5 Å². The van der Waals surface area contributed by atoms with Crippen LogP contribution in [0.15, 0.2) is 106 Å². The largest absolute Gasteiger partial charge is 0.463 e. The lowest BCUT2D eigenvalue weighted by atomic mass is 10.1. The van der Waals surface area contributed by atoms with Crippen molar-refractivity contribution in [2.24, 2.45) is 0 Å². The van der Waals surface area contributed by atoms with Crippen molar-refractivity contribution < 1.29 is 19.1 Å². The maximum Gasteiger partial charge on any atom is 0.330 e. The lowest BCUT2D eigenvalue weighted by Crippen LogP contribution is -2.30. The van der Waals surface area contributed by atoms with Crippen LogP contribution in [0.4, 0.5) is 5.69 Å². The second kappa shape index (κ2) is 14.1. The van der Waals surface area contributed by atoms with Gasteiger partial charge in [-0.25, -0.2) is 4.79 Å². The molecule has 0 heterocycles. The van der Waals surface area contributed by atoms with Gasteiger partial charge in [-0.3, -0.25) is 9.59 Å². The SMILES string of the molecule is CCOC(=O)/C=C/CSc1ccc(NC(=O)/C(=C/c2ccc(Br)cc2)NC(=O)c2ccccc2)cc1. The minimum absolute atomic E-state index is 0.119. The van der Waals surface area contributed by atoms with Gasteiger partial charge in [0.2, 0.25) is 0 Å². The molecule has 0 aliphatic carbocycles. The first kappa shape index (κ1) is 27.0. The summed E-state index contributed by atoms with van der Waals surface area (Å²) < 4.78 is 5.76. The molecule has 184 valence electrons. The molecule has 0 spiro atoms. The Morgan fingerprint density at radius 3 is 2.31 bits per heavy atom. The van der Waals surface area contributed by atoms with E-state index in [0.717, 1.165) is 14.9 Å². The predicted octanol–water partition coefficient (Wildman–Crippen LogP) is 6.07. The molecule has 0 fully saturated rings. The molecular formula is C28H25BrN2O4S. The molecule has 8 heteroatoms. The van der Waals surface area contributed by atoms with Crippen molar-refractivity contribution in [1.29, 1.82) is 0 Å². The van der Waals surface area contributed by atoms with E-state index in [1.165, 1.54) is 6.08 Å². The molecule has 3 aromatic carbocycles. The Kier molecular flexibility index (Phi) is 10.5. The van der Waals surface area contributed by atoms with Crippen molar-refractivity contribution in [1.82, 2.24) is 5.32 Å². The number of benzene rings is 3. The highest BCUT2D eigenvalue weighted by atomic mass is 79.9. The Morgan fingerprint density at radius 2 is 1.64 bits per heavy atom. The zero-order valence-electron chi connectivity index (χ0n) is 19.6. The normalized spacial score (nSPS) is 11.2. The van der Waals surface area contributed by atoms with Gasteiger partial charge in [-0.2, -0.15) is 0 Å². The number of anilines is 1. The average molecular weight is 565 g/mol. The van der Waals surface area contributed by atoms with E-state index < -0.39 is 5.91 Å². The zero-order chi connectivity index (χ0) is 25.8. The first-order valence-corrected chi connectivity index (χ1v) is 12.9. The molecule has 3 aromatic rings. The van der Waals surface area contributed by atoms with Crippen molar-refractivity contribution in [3.8, 4) is 0 Å². The molecule has 2 amide bonds. The average Bonchev–Trinajstić information content (AvgIpc) is 2.89. The summed E-state index contributed by atoms with van der Waals surface area (Å²) in [6, 6.07) is 23.4. The molecule has 0 unspecified atom stereocenters. The van der Waals surface area contributed by atoms with Gasteiger partial charge in [-0.1, -0.05) is 52.3 Å². The van der Waals surface area contributed by atoms with E-state index in [-0.39, 0.29) is 17.6 Å². The van der Waals surface area contributed by atoms with Crippen LogP contribution in [0.5, 0.6) is 0 Å². The van der Waals surface area contributed by atoms with E-state index in [0.29, 0.717) is 23.6 Å².